The molecule has 0 aliphatic heterocycles. The summed E-state index contributed by atoms with van der Waals surface area (Å²) in [6.07, 6.45) is 9.55. The van der Waals surface area contributed by atoms with Crippen molar-refractivity contribution >= 4 is 6.21 Å². The Hall–Kier alpha value is -0.850. The first kappa shape index (κ1) is 9.15. The molecule has 0 amide bonds. The lowest BCUT2D eigenvalue weighted by atomic mass is 10.2. The molecule has 0 rings (SSSR count). The van der Waals surface area contributed by atoms with E-state index in [4.69, 9.17) is 0 Å². The van der Waals surface area contributed by atoms with Gasteiger partial charge in [0.1, 0.15) is 0 Å². The second kappa shape index (κ2) is 6.27. The topological polar surface area (TPSA) is 12.4 Å². The maximum Gasteiger partial charge on any atom is 0.0263 e. The predicted molar refractivity (Wildman–Crippen MR) is 47.3 cm³/mol. The van der Waals surface area contributed by atoms with Gasteiger partial charge in [-0.3, -0.25) is 4.99 Å². The molecule has 1 heteroatoms. The van der Waals surface area contributed by atoms with Crippen LogP contribution in [0.3, 0.4) is 0 Å². The van der Waals surface area contributed by atoms with Crippen molar-refractivity contribution in [3.8, 4) is 0 Å². The predicted octanol–water partition coefficient (Wildman–Crippen LogP) is 2.80. The maximum absolute atomic E-state index is 4.05. The highest BCUT2D eigenvalue weighted by Gasteiger charge is 1.79. The largest absolute Gasteiger partial charge is 0.269 e. The smallest absolute Gasteiger partial charge is 0.0263 e. The first-order valence-electron chi connectivity index (χ1n) is 3.58. The van der Waals surface area contributed by atoms with Gasteiger partial charge in [0, 0.05) is 12.4 Å². The van der Waals surface area contributed by atoms with Gasteiger partial charge in [0.2, 0.25) is 0 Å². The fourth-order valence-corrected chi connectivity index (χ4v) is 0.432. The van der Waals surface area contributed by atoms with Gasteiger partial charge in [-0.25, -0.2) is 0 Å². The number of allylic oxidation sites excluding steroid dienone is 3. The summed E-state index contributed by atoms with van der Waals surface area (Å²) < 4.78 is 0. The van der Waals surface area contributed by atoms with Crippen LogP contribution in [0.1, 0.15) is 20.8 Å². The zero-order valence-corrected chi connectivity index (χ0v) is 6.91. The van der Waals surface area contributed by atoms with Gasteiger partial charge in [0.05, 0.1) is 0 Å². The molecule has 0 saturated carbocycles. The summed E-state index contributed by atoms with van der Waals surface area (Å²) in [5, 5.41) is 0. The van der Waals surface area contributed by atoms with Crippen molar-refractivity contribution in [3.63, 3.8) is 0 Å². The second-order valence-corrected chi connectivity index (χ2v) is 2.41. The van der Waals surface area contributed by atoms with E-state index in [0.29, 0.717) is 5.92 Å². The lowest BCUT2D eigenvalue weighted by Crippen LogP contribution is -1.84. The molecule has 1 nitrogen and oxygen atoms in total. The minimum atomic E-state index is 0.537. The number of hydrogen-bond donors (Lipinski definition) is 0. The van der Waals surface area contributed by atoms with E-state index in [-0.39, 0.29) is 0 Å². The van der Waals surface area contributed by atoms with Gasteiger partial charge < -0.3 is 0 Å². The molecule has 0 aliphatic carbocycles. The monoisotopic (exact) mass is 137 g/mol. The lowest BCUT2D eigenvalue weighted by molar-refractivity contribution is 0.907. The Morgan fingerprint density at radius 2 is 1.90 bits per heavy atom. The van der Waals surface area contributed by atoms with Crippen LogP contribution in [-0.2, 0) is 0 Å². The van der Waals surface area contributed by atoms with Crippen LogP contribution < -0.4 is 0 Å². The first-order chi connectivity index (χ1) is 4.77. The van der Waals surface area contributed by atoms with Crippen LogP contribution in [-0.4, -0.2) is 6.21 Å². The summed E-state index contributed by atoms with van der Waals surface area (Å²) in [5.74, 6) is 0.537. The van der Waals surface area contributed by atoms with Gasteiger partial charge in [-0.1, -0.05) is 26.0 Å². The molecule has 0 aliphatic rings. The molecule has 10 heavy (non-hydrogen) atoms. The molecule has 0 fully saturated rings. The van der Waals surface area contributed by atoms with Crippen LogP contribution >= 0.6 is 0 Å². The van der Waals surface area contributed by atoms with E-state index < -0.39 is 0 Å². The molecule has 0 atom stereocenters. The summed E-state index contributed by atoms with van der Waals surface area (Å²) in [6, 6.07) is 0. The fourth-order valence-electron chi connectivity index (χ4n) is 0.432. The van der Waals surface area contributed by atoms with Crippen molar-refractivity contribution in [2.45, 2.75) is 20.8 Å². The van der Waals surface area contributed by atoms with E-state index in [1.165, 1.54) is 0 Å². The summed E-state index contributed by atoms with van der Waals surface area (Å²) in [6.45, 7) is 6.19. The molecule has 0 heterocycles. The van der Waals surface area contributed by atoms with Crippen LogP contribution in [0.2, 0.25) is 0 Å². The molecule has 0 aromatic rings. The van der Waals surface area contributed by atoms with Gasteiger partial charge in [-0.05, 0) is 18.9 Å². The van der Waals surface area contributed by atoms with E-state index in [1.54, 1.807) is 6.20 Å². The second-order valence-electron chi connectivity index (χ2n) is 2.41. The summed E-state index contributed by atoms with van der Waals surface area (Å²) in [7, 11) is 0. The molecule has 56 valence electrons. The van der Waals surface area contributed by atoms with Crippen LogP contribution in [0.5, 0.6) is 0 Å². The Bertz CT molecular complexity index is 141. The van der Waals surface area contributed by atoms with Crippen molar-refractivity contribution in [1.82, 2.24) is 0 Å². The third-order valence-electron chi connectivity index (χ3n) is 0.860. The normalized spacial score (nSPS) is 13.2. The van der Waals surface area contributed by atoms with Crippen molar-refractivity contribution in [1.29, 1.82) is 0 Å². The van der Waals surface area contributed by atoms with Crippen molar-refractivity contribution < 1.29 is 0 Å². The Labute approximate surface area is 63.2 Å². The SMILES string of the molecule is CC=C/C=C\N=CC(C)C. The molecule has 0 radical (unpaired) electrons. The standard InChI is InChI=1S/C9H15N/c1-4-5-6-7-10-8-9(2)3/h4-9H,1-3H3/b5-4?,7-6-,10-8?. The zero-order valence-electron chi connectivity index (χ0n) is 6.91. The third kappa shape index (κ3) is 7.15. The van der Waals surface area contributed by atoms with Gasteiger partial charge in [0.25, 0.3) is 0 Å². The van der Waals surface area contributed by atoms with E-state index in [1.807, 2.05) is 31.4 Å². The van der Waals surface area contributed by atoms with Crippen LogP contribution in [0.25, 0.3) is 0 Å². The lowest BCUT2D eigenvalue weighted by Gasteiger charge is -1.87. The Kier molecular flexibility index (Phi) is 5.74. The highest BCUT2D eigenvalue weighted by atomic mass is 14.7. The van der Waals surface area contributed by atoms with Gasteiger partial charge in [-0.15, -0.1) is 0 Å². The molecular formula is C9H15N. The quantitative estimate of drug-likeness (QED) is 0.419. The van der Waals surface area contributed by atoms with E-state index in [0.717, 1.165) is 0 Å². The molecular weight excluding hydrogens is 122 g/mol. The number of aliphatic imine (C=N–C) groups is 1. The number of hydrogen-bond acceptors (Lipinski definition) is 1. The van der Waals surface area contributed by atoms with Gasteiger partial charge >= 0.3 is 0 Å². The highest BCUT2D eigenvalue weighted by molar-refractivity contribution is 5.60. The van der Waals surface area contributed by atoms with Crippen molar-refractivity contribution in [2.24, 2.45) is 10.9 Å². The molecule has 0 N–H and O–H groups in total. The van der Waals surface area contributed by atoms with E-state index in [9.17, 15) is 0 Å². The number of rotatable bonds is 3. The molecule has 0 aromatic heterocycles. The summed E-state index contributed by atoms with van der Waals surface area (Å²) in [5.41, 5.74) is 0. The minimum absolute atomic E-state index is 0.537. The third-order valence-corrected chi connectivity index (χ3v) is 0.860. The van der Waals surface area contributed by atoms with Crippen molar-refractivity contribution in [3.05, 3.63) is 24.4 Å². The van der Waals surface area contributed by atoms with E-state index in [2.05, 4.69) is 18.8 Å². The van der Waals surface area contributed by atoms with Crippen LogP contribution in [0, 0.1) is 5.92 Å². The van der Waals surface area contributed by atoms with Crippen molar-refractivity contribution in [2.75, 3.05) is 0 Å². The Morgan fingerprint density at radius 3 is 2.40 bits per heavy atom. The Morgan fingerprint density at radius 1 is 1.20 bits per heavy atom. The van der Waals surface area contributed by atoms with E-state index >= 15 is 0 Å². The molecule has 0 spiro atoms. The Balaban J connectivity index is 3.51. The zero-order chi connectivity index (χ0) is 7.82. The summed E-state index contributed by atoms with van der Waals surface area (Å²) >= 11 is 0. The maximum atomic E-state index is 4.05. The summed E-state index contributed by atoms with van der Waals surface area (Å²) in [4.78, 5) is 4.05. The fraction of sp³-hybridized carbons (Fsp3) is 0.444. The van der Waals surface area contributed by atoms with Gasteiger partial charge in [-0.2, -0.15) is 0 Å². The number of nitrogens with zero attached hydrogens (tertiary/aromatic N) is 1. The molecule has 0 unspecified atom stereocenters. The molecule has 0 bridgehead atoms. The molecule has 0 saturated heterocycles. The van der Waals surface area contributed by atoms with Crippen LogP contribution in [0.4, 0.5) is 0 Å². The first-order valence-corrected chi connectivity index (χ1v) is 3.58. The van der Waals surface area contributed by atoms with Crippen LogP contribution in [0.15, 0.2) is 29.4 Å². The van der Waals surface area contributed by atoms with Gasteiger partial charge in [0.15, 0.2) is 0 Å². The minimum Gasteiger partial charge on any atom is -0.269 e. The average Bonchev–Trinajstić information content (AvgIpc) is 1.87. The highest BCUT2D eigenvalue weighted by Crippen LogP contribution is 1.85. The average molecular weight is 137 g/mol. The molecule has 0 aromatic carbocycles.